The van der Waals surface area contributed by atoms with Crippen LogP contribution in [0.3, 0.4) is 0 Å². The van der Waals surface area contributed by atoms with Crippen LogP contribution in [0.4, 0.5) is 0 Å². The lowest BCUT2D eigenvalue weighted by atomic mass is 9.78. The van der Waals surface area contributed by atoms with Gasteiger partial charge in [-0.3, -0.25) is 14.4 Å². The smallest absolute Gasteiger partial charge is 0.279 e. The van der Waals surface area contributed by atoms with Gasteiger partial charge < -0.3 is 5.32 Å². The first kappa shape index (κ1) is 20.7. The highest BCUT2D eigenvalue weighted by atomic mass is 32.2. The minimum Gasteiger partial charge on any atom is -0.353 e. The highest BCUT2D eigenvalue weighted by Gasteiger charge is 2.52. The Hall–Kier alpha value is -3.59. The van der Waals surface area contributed by atoms with Gasteiger partial charge in [-0.15, -0.1) is 0 Å². The normalized spacial score (nSPS) is 20.7. The van der Waals surface area contributed by atoms with Crippen molar-refractivity contribution in [2.24, 2.45) is 11.0 Å². The Morgan fingerprint density at radius 2 is 1.65 bits per heavy atom. The number of hydrogen-bond donors (Lipinski definition) is 1. The molecular formula is C22H19N3O5S. The third kappa shape index (κ3) is 3.68. The summed E-state index contributed by atoms with van der Waals surface area (Å²) in [6, 6.07) is 15.4. The fourth-order valence-electron chi connectivity index (χ4n) is 3.74. The van der Waals surface area contributed by atoms with Crippen LogP contribution in [0.25, 0.3) is 0 Å². The van der Waals surface area contributed by atoms with Crippen molar-refractivity contribution < 1.29 is 22.8 Å². The number of nitrogens with one attached hydrogen (secondary N) is 1. The number of Topliss-reactive ketones (excluding diaryl/α,β-unsaturated/α-hetero) is 1. The van der Waals surface area contributed by atoms with Crippen LogP contribution in [0.5, 0.6) is 0 Å². The van der Waals surface area contributed by atoms with Crippen molar-refractivity contribution in [3.63, 3.8) is 0 Å². The molecular weight excluding hydrogens is 418 g/mol. The SMILES string of the molecule is CC(=O)NCC1=CC(=O)C(=O)C2C(c3ccccc3)=NN(S(=O)(=O)c3ccccc3)C12. The van der Waals surface area contributed by atoms with E-state index in [1.54, 1.807) is 48.5 Å². The van der Waals surface area contributed by atoms with E-state index in [4.69, 9.17) is 0 Å². The molecule has 0 radical (unpaired) electrons. The van der Waals surface area contributed by atoms with Crippen LogP contribution < -0.4 is 5.32 Å². The Morgan fingerprint density at radius 1 is 1.03 bits per heavy atom. The van der Waals surface area contributed by atoms with Gasteiger partial charge in [0.2, 0.25) is 17.5 Å². The Balaban J connectivity index is 1.88. The predicted octanol–water partition coefficient (Wildman–Crippen LogP) is 1.29. The third-order valence-corrected chi connectivity index (χ3v) is 6.84. The number of benzene rings is 2. The standard InChI is InChI=1S/C22H19N3O5S/c1-14(26)23-13-16-12-18(27)22(28)19-20(15-8-4-2-5-9-15)24-25(21(16)19)31(29,30)17-10-6-3-7-11-17/h2-12,19,21H,13H2,1H3,(H,23,26). The Labute approximate surface area is 179 Å². The lowest BCUT2D eigenvalue weighted by molar-refractivity contribution is -0.136. The number of sulfonamides is 1. The van der Waals surface area contributed by atoms with Crippen molar-refractivity contribution in [1.29, 1.82) is 0 Å². The van der Waals surface area contributed by atoms with Crippen molar-refractivity contribution in [3.8, 4) is 0 Å². The number of allylic oxidation sites excluding steroid dienone is 1. The Bertz CT molecular complexity index is 1220. The Kier molecular flexibility index (Phi) is 5.28. The maximum atomic E-state index is 13.4. The van der Waals surface area contributed by atoms with E-state index < -0.39 is 33.5 Å². The molecule has 2 aromatic carbocycles. The molecule has 0 spiro atoms. The van der Waals surface area contributed by atoms with Gasteiger partial charge in [-0.1, -0.05) is 48.5 Å². The monoisotopic (exact) mass is 437 g/mol. The summed E-state index contributed by atoms with van der Waals surface area (Å²) in [6.07, 6.45) is 1.11. The number of amides is 1. The molecule has 1 heterocycles. The highest BCUT2D eigenvalue weighted by molar-refractivity contribution is 7.89. The molecule has 1 aliphatic carbocycles. The number of rotatable bonds is 5. The van der Waals surface area contributed by atoms with Crippen LogP contribution in [-0.2, 0) is 24.4 Å². The summed E-state index contributed by atoms with van der Waals surface area (Å²) in [7, 11) is -4.13. The molecule has 0 saturated carbocycles. The summed E-state index contributed by atoms with van der Waals surface area (Å²) >= 11 is 0. The summed E-state index contributed by atoms with van der Waals surface area (Å²) < 4.78 is 27.8. The van der Waals surface area contributed by atoms with Gasteiger partial charge in [0, 0.05) is 13.5 Å². The van der Waals surface area contributed by atoms with Crippen LogP contribution >= 0.6 is 0 Å². The number of carbonyl (C=O) groups excluding carboxylic acids is 3. The first-order valence-corrected chi connectivity index (χ1v) is 11.0. The molecule has 31 heavy (non-hydrogen) atoms. The van der Waals surface area contributed by atoms with E-state index in [0.29, 0.717) is 11.1 Å². The van der Waals surface area contributed by atoms with E-state index in [2.05, 4.69) is 10.4 Å². The molecule has 2 atom stereocenters. The van der Waals surface area contributed by atoms with E-state index in [9.17, 15) is 22.8 Å². The average molecular weight is 437 g/mol. The predicted molar refractivity (Wildman–Crippen MR) is 113 cm³/mol. The number of hydrogen-bond acceptors (Lipinski definition) is 6. The Morgan fingerprint density at radius 3 is 2.26 bits per heavy atom. The van der Waals surface area contributed by atoms with Crippen LogP contribution in [0.1, 0.15) is 12.5 Å². The zero-order chi connectivity index (χ0) is 22.2. The number of carbonyl (C=O) groups is 3. The van der Waals surface area contributed by atoms with Crippen LogP contribution in [0.2, 0.25) is 0 Å². The maximum absolute atomic E-state index is 13.4. The summed E-state index contributed by atoms with van der Waals surface area (Å²) in [5.41, 5.74) is 1.06. The largest absolute Gasteiger partial charge is 0.353 e. The molecule has 158 valence electrons. The second-order valence-electron chi connectivity index (χ2n) is 7.22. The van der Waals surface area contributed by atoms with E-state index in [1.165, 1.54) is 19.1 Å². The summed E-state index contributed by atoms with van der Waals surface area (Å²) in [6.45, 7) is 1.24. The topological polar surface area (TPSA) is 113 Å². The first-order valence-electron chi connectivity index (χ1n) is 9.57. The van der Waals surface area contributed by atoms with Gasteiger partial charge in [0.15, 0.2) is 0 Å². The lowest BCUT2D eigenvalue weighted by Gasteiger charge is -2.31. The van der Waals surface area contributed by atoms with Gasteiger partial charge >= 0.3 is 0 Å². The molecule has 0 bridgehead atoms. The molecule has 1 amide bonds. The minimum absolute atomic E-state index is 0.00929. The van der Waals surface area contributed by atoms with Gasteiger partial charge in [-0.2, -0.15) is 17.9 Å². The maximum Gasteiger partial charge on any atom is 0.279 e. The van der Waals surface area contributed by atoms with E-state index in [1.807, 2.05) is 0 Å². The lowest BCUT2D eigenvalue weighted by Crippen LogP contribution is -2.49. The molecule has 0 aromatic heterocycles. The molecule has 2 aromatic rings. The molecule has 1 aliphatic heterocycles. The van der Waals surface area contributed by atoms with Gasteiger partial charge in [-0.25, -0.2) is 0 Å². The third-order valence-electron chi connectivity index (χ3n) is 5.17. The van der Waals surface area contributed by atoms with Crippen molar-refractivity contribution >= 4 is 33.2 Å². The average Bonchev–Trinajstić information content (AvgIpc) is 3.18. The van der Waals surface area contributed by atoms with Gasteiger partial charge in [-0.05, 0) is 29.3 Å². The van der Waals surface area contributed by atoms with Gasteiger partial charge in [0.1, 0.15) is 6.04 Å². The number of fused-ring (bicyclic) bond motifs is 1. The van der Waals surface area contributed by atoms with E-state index in [-0.39, 0.29) is 23.1 Å². The fourth-order valence-corrected chi connectivity index (χ4v) is 5.21. The van der Waals surface area contributed by atoms with Crippen molar-refractivity contribution in [1.82, 2.24) is 9.73 Å². The van der Waals surface area contributed by atoms with Crippen molar-refractivity contribution in [2.75, 3.05) is 6.54 Å². The number of hydrazone groups is 1. The fraction of sp³-hybridized carbons (Fsp3) is 0.182. The molecule has 2 unspecified atom stereocenters. The molecule has 0 fully saturated rings. The second kappa shape index (κ2) is 7.92. The molecule has 9 heteroatoms. The second-order valence-corrected chi connectivity index (χ2v) is 9.02. The van der Waals surface area contributed by atoms with E-state index >= 15 is 0 Å². The first-order chi connectivity index (χ1) is 14.8. The van der Waals surface area contributed by atoms with Crippen LogP contribution in [0.15, 0.2) is 82.3 Å². The number of nitrogens with zero attached hydrogens (tertiary/aromatic N) is 2. The molecule has 0 saturated heterocycles. The van der Waals surface area contributed by atoms with Gasteiger partial charge in [0.05, 0.1) is 16.5 Å². The minimum atomic E-state index is -4.13. The zero-order valence-electron chi connectivity index (χ0n) is 16.6. The molecule has 2 aliphatic rings. The van der Waals surface area contributed by atoms with Crippen LogP contribution in [-0.4, -0.2) is 48.6 Å². The van der Waals surface area contributed by atoms with Gasteiger partial charge in [0.25, 0.3) is 10.0 Å². The van der Waals surface area contributed by atoms with Crippen LogP contribution in [0, 0.1) is 5.92 Å². The molecule has 1 N–H and O–H groups in total. The summed E-state index contributed by atoms with van der Waals surface area (Å²) in [5.74, 6) is -2.92. The quantitative estimate of drug-likeness (QED) is 0.709. The van der Waals surface area contributed by atoms with E-state index in [0.717, 1.165) is 10.5 Å². The van der Waals surface area contributed by atoms with Crippen molar-refractivity contribution in [2.45, 2.75) is 17.9 Å². The van der Waals surface area contributed by atoms with Crippen molar-refractivity contribution in [3.05, 3.63) is 77.9 Å². The summed E-state index contributed by atoms with van der Waals surface area (Å²) in [5, 5.41) is 6.94. The zero-order valence-corrected chi connectivity index (χ0v) is 17.4. The molecule has 4 rings (SSSR count). The summed E-state index contributed by atoms with van der Waals surface area (Å²) in [4.78, 5) is 36.8. The number of ketones is 2. The highest BCUT2D eigenvalue weighted by Crippen LogP contribution is 2.37. The molecule has 8 nitrogen and oxygen atoms in total.